The first kappa shape index (κ1) is 14.1. The average Bonchev–Trinajstić information content (AvgIpc) is 2.34. The molecule has 118 valence electrons. The molecule has 0 aromatic heterocycles. The molecular weight excluding hydrogens is 258 g/mol. The van der Waals surface area contributed by atoms with Crippen LogP contribution in [-0.2, 0) is 4.79 Å². The zero-order valence-corrected chi connectivity index (χ0v) is 13.8. The van der Waals surface area contributed by atoms with Gasteiger partial charge in [-0.15, -0.1) is 0 Å². The van der Waals surface area contributed by atoms with Crippen molar-refractivity contribution in [2.24, 2.45) is 22.7 Å². The van der Waals surface area contributed by atoms with Gasteiger partial charge in [0.05, 0.1) is 0 Å². The first-order valence-corrected chi connectivity index (χ1v) is 9.22. The Kier molecular flexibility index (Phi) is 3.01. The van der Waals surface area contributed by atoms with Crippen LogP contribution in [0.4, 0.5) is 0 Å². The van der Waals surface area contributed by atoms with Gasteiger partial charge in [-0.2, -0.15) is 0 Å². The first-order chi connectivity index (χ1) is 9.90. The fraction of sp³-hybridized carbons (Fsp3) is 0.947. The molecule has 0 aromatic carbocycles. The molecular formula is C19H31NO. The number of carbonyl (C=O) groups is 1. The Morgan fingerprint density at radius 1 is 0.905 bits per heavy atom. The third-order valence-electron chi connectivity index (χ3n) is 6.99. The molecule has 0 aromatic rings. The SMILES string of the molecule is CC12CC3CC(C)(C1)CC(NC(=O)C1CCCCC1)(C3)C2. The number of carbonyl (C=O) groups excluding carboxylic acids is 1. The molecule has 5 aliphatic rings. The summed E-state index contributed by atoms with van der Waals surface area (Å²) in [5.41, 5.74) is 1.14. The summed E-state index contributed by atoms with van der Waals surface area (Å²) in [7, 11) is 0. The summed E-state index contributed by atoms with van der Waals surface area (Å²) >= 11 is 0. The van der Waals surface area contributed by atoms with E-state index >= 15 is 0 Å². The fourth-order valence-electron chi connectivity index (χ4n) is 7.32. The molecule has 5 aliphatic carbocycles. The Bertz CT molecular complexity index is 432. The molecule has 21 heavy (non-hydrogen) atoms. The van der Waals surface area contributed by atoms with Crippen LogP contribution in [0.15, 0.2) is 0 Å². The van der Waals surface area contributed by atoms with E-state index < -0.39 is 0 Å². The van der Waals surface area contributed by atoms with Gasteiger partial charge in [0.25, 0.3) is 0 Å². The Balaban J connectivity index is 1.52. The van der Waals surface area contributed by atoms with Crippen molar-refractivity contribution in [2.75, 3.05) is 0 Å². The maximum Gasteiger partial charge on any atom is 0.223 e. The lowest BCUT2D eigenvalue weighted by Crippen LogP contribution is -2.65. The smallest absolute Gasteiger partial charge is 0.223 e. The summed E-state index contributed by atoms with van der Waals surface area (Å²) in [4.78, 5) is 12.8. The second kappa shape index (κ2) is 4.49. The predicted molar refractivity (Wildman–Crippen MR) is 84.9 cm³/mol. The van der Waals surface area contributed by atoms with Crippen molar-refractivity contribution in [3.63, 3.8) is 0 Å². The largest absolute Gasteiger partial charge is 0.350 e. The molecule has 1 N–H and O–H groups in total. The van der Waals surface area contributed by atoms with E-state index in [1.807, 2.05) is 0 Å². The van der Waals surface area contributed by atoms with E-state index in [9.17, 15) is 4.79 Å². The van der Waals surface area contributed by atoms with Crippen molar-refractivity contribution in [2.45, 2.75) is 90.0 Å². The third kappa shape index (κ3) is 2.43. The molecule has 5 saturated carbocycles. The maximum absolute atomic E-state index is 12.8. The summed E-state index contributed by atoms with van der Waals surface area (Å²) in [6, 6.07) is 0. The Labute approximate surface area is 129 Å². The van der Waals surface area contributed by atoms with E-state index in [1.54, 1.807) is 0 Å². The fourth-order valence-corrected chi connectivity index (χ4v) is 7.32. The van der Waals surface area contributed by atoms with Gasteiger partial charge in [-0.1, -0.05) is 33.1 Å². The number of hydrogen-bond acceptors (Lipinski definition) is 1. The van der Waals surface area contributed by atoms with E-state index in [0.29, 0.717) is 22.7 Å². The quantitative estimate of drug-likeness (QED) is 0.800. The van der Waals surface area contributed by atoms with Crippen molar-refractivity contribution >= 4 is 5.91 Å². The highest BCUT2D eigenvalue weighted by atomic mass is 16.2. The van der Waals surface area contributed by atoms with Crippen molar-refractivity contribution in [3.05, 3.63) is 0 Å². The Hall–Kier alpha value is -0.530. The molecule has 4 bridgehead atoms. The van der Waals surface area contributed by atoms with Crippen LogP contribution in [0.2, 0.25) is 0 Å². The lowest BCUT2D eigenvalue weighted by atomic mass is 9.42. The average molecular weight is 289 g/mol. The molecule has 0 spiro atoms. The van der Waals surface area contributed by atoms with Gasteiger partial charge in [-0.05, 0) is 68.1 Å². The maximum atomic E-state index is 12.8. The highest BCUT2D eigenvalue weighted by Crippen LogP contribution is 2.66. The molecule has 0 saturated heterocycles. The van der Waals surface area contributed by atoms with Crippen LogP contribution in [0.3, 0.4) is 0 Å². The van der Waals surface area contributed by atoms with Crippen molar-refractivity contribution in [1.82, 2.24) is 5.32 Å². The highest BCUT2D eigenvalue weighted by molar-refractivity contribution is 5.79. The highest BCUT2D eigenvalue weighted by Gasteiger charge is 2.60. The van der Waals surface area contributed by atoms with Gasteiger partial charge in [0.15, 0.2) is 0 Å². The minimum Gasteiger partial charge on any atom is -0.350 e. The van der Waals surface area contributed by atoms with Crippen LogP contribution < -0.4 is 5.32 Å². The van der Waals surface area contributed by atoms with Crippen molar-refractivity contribution in [1.29, 1.82) is 0 Å². The van der Waals surface area contributed by atoms with Crippen molar-refractivity contribution in [3.8, 4) is 0 Å². The van der Waals surface area contributed by atoms with E-state index in [1.165, 1.54) is 57.8 Å². The molecule has 1 amide bonds. The van der Waals surface area contributed by atoms with Gasteiger partial charge in [0, 0.05) is 11.5 Å². The molecule has 2 heteroatoms. The van der Waals surface area contributed by atoms with E-state index in [0.717, 1.165) is 18.8 Å². The monoisotopic (exact) mass is 289 g/mol. The number of nitrogens with one attached hydrogen (secondary N) is 1. The minimum atomic E-state index is 0.150. The van der Waals surface area contributed by atoms with Gasteiger partial charge < -0.3 is 5.32 Å². The number of amides is 1. The molecule has 2 unspecified atom stereocenters. The normalized spacial score (nSPS) is 49.3. The predicted octanol–water partition coefficient (Wildman–Crippen LogP) is 4.43. The molecule has 0 heterocycles. The topological polar surface area (TPSA) is 29.1 Å². The van der Waals surface area contributed by atoms with Crippen molar-refractivity contribution < 1.29 is 4.79 Å². The Morgan fingerprint density at radius 3 is 2.10 bits per heavy atom. The Morgan fingerprint density at radius 2 is 1.52 bits per heavy atom. The second-order valence-corrected chi connectivity index (χ2v) is 9.73. The lowest BCUT2D eigenvalue weighted by Gasteiger charge is -2.65. The third-order valence-corrected chi connectivity index (χ3v) is 6.99. The zero-order chi connectivity index (χ0) is 14.7. The van der Waals surface area contributed by atoms with Gasteiger partial charge in [0.1, 0.15) is 0 Å². The standard InChI is InChI=1S/C19H31NO/c1-17-8-14-9-18(2,11-17)13-19(10-14,12-17)20-16(21)15-6-4-3-5-7-15/h14-15H,3-13H2,1-2H3,(H,20,21). The van der Waals surface area contributed by atoms with Crippen LogP contribution in [0.1, 0.15) is 84.5 Å². The molecule has 5 rings (SSSR count). The van der Waals surface area contributed by atoms with Crippen LogP contribution in [0.5, 0.6) is 0 Å². The first-order valence-electron chi connectivity index (χ1n) is 9.22. The zero-order valence-electron chi connectivity index (χ0n) is 13.8. The van der Waals surface area contributed by atoms with E-state index in [-0.39, 0.29) is 5.54 Å². The number of hydrogen-bond donors (Lipinski definition) is 1. The van der Waals surface area contributed by atoms with Crippen LogP contribution in [0.25, 0.3) is 0 Å². The van der Waals surface area contributed by atoms with E-state index in [2.05, 4.69) is 19.2 Å². The lowest BCUT2D eigenvalue weighted by molar-refractivity contribution is -0.143. The van der Waals surface area contributed by atoms with Gasteiger partial charge in [-0.3, -0.25) is 4.79 Å². The molecule has 2 nitrogen and oxygen atoms in total. The minimum absolute atomic E-state index is 0.150. The summed E-state index contributed by atoms with van der Waals surface area (Å²) in [5.74, 6) is 1.57. The summed E-state index contributed by atoms with van der Waals surface area (Å²) in [5, 5.41) is 3.61. The molecule has 0 aliphatic heterocycles. The van der Waals surface area contributed by atoms with Gasteiger partial charge in [0.2, 0.25) is 5.91 Å². The van der Waals surface area contributed by atoms with Crippen LogP contribution >= 0.6 is 0 Å². The summed E-state index contributed by atoms with van der Waals surface area (Å²) in [6.45, 7) is 4.97. The second-order valence-electron chi connectivity index (χ2n) is 9.73. The molecule has 0 radical (unpaired) electrons. The van der Waals surface area contributed by atoms with Crippen LogP contribution in [0, 0.1) is 22.7 Å². The molecule has 5 fully saturated rings. The van der Waals surface area contributed by atoms with Crippen LogP contribution in [-0.4, -0.2) is 11.4 Å². The molecule has 2 atom stereocenters. The van der Waals surface area contributed by atoms with Gasteiger partial charge >= 0.3 is 0 Å². The summed E-state index contributed by atoms with van der Waals surface area (Å²) in [6.07, 6.45) is 14.0. The van der Waals surface area contributed by atoms with E-state index in [4.69, 9.17) is 0 Å². The summed E-state index contributed by atoms with van der Waals surface area (Å²) < 4.78 is 0. The van der Waals surface area contributed by atoms with Gasteiger partial charge in [-0.25, -0.2) is 0 Å². The number of rotatable bonds is 2.